The van der Waals surface area contributed by atoms with Gasteiger partial charge in [0, 0.05) is 12.1 Å². The smallest absolute Gasteiger partial charge is 0.417 e. The second-order valence-corrected chi connectivity index (χ2v) is 2.89. The second kappa shape index (κ2) is 4.74. The third-order valence-electron chi connectivity index (χ3n) is 1.69. The molecule has 17 heavy (non-hydrogen) atoms. The van der Waals surface area contributed by atoms with Crippen molar-refractivity contribution in [1.82, 2.24) is 4.98 Å². The highest BCUT2D eigenvalue weighted by molar-refractivity contribution is 5.92. The maximum Gasteiger partial charge on any atom is 0.417 e. The number of carbonyl (C=O) groups is 1. The van der Waals surface area contributed by atoms with Gasteiger partial charge < -0.3 is 10.5 Å². The molecule has 1 aromatic heterocycles. The van der Waals surface area contributed by atoms with E-state index < -0.39 is 17.6 Å². The highest BCUT2D eigenvalue weighted by Gasteiger charge is 2.31. The molecule has 1 amide bonds. The Balaban J connectivity index is 3.27. The van der Waals surface area contributed by atoms with Crippen LogP contribution in [0.2, 0.25) is 0 Å². The number of alkyl halides is 3. The van der Waals surface area contributed by atoms with Crippen molar-refractivity contribution in [2.45, 2.75) is 6.18 Å². The predicted molar refractivity (Wildman–Crippen MR) is 51.9 cm³/mol. The van der Waals surface area contributed by atoms with Crippen LogP contribution >= 0.6 is 0 Å². The molecule has 0 saturated carbocycles. The van der Waals surface area contributed by atoms with Gasteiger partial charge in [-0.2, -0.15) is 13.2 Å². The Labute approximate surface area is 94.6 Å². The molecule has 0 radical (unpaired) electrons. The van der Waals surface area contributed by atoms with Crippen LogP contribution in [0.5, 0.6) is 5.88 Å². The number of hydrogen-bond acceptors (Lipinski definition) is 3. The van der Waals surface area contributed by atoms with Crippen molar-refractivity contribution >= 4 is 5.91 Å². The molecule has 0 aliphatic carbocycles. The van der Waals surface area contributed by atoms with E-state index in [1.165, 1.54) is 7.11 Å². The van der Waals surface area contributed by atoms with E-state index in [0.29, 0.717) is 6.20 Å². The van der Waals surface area contributed by atoms with E-state index in [1.807, 2.05) is 5.92 Å². The average Bonchev–Trinajstić information content (AvgIpc) is 2.24. The van der Waals surface area contributed by atoms with Crippen LogP contribution in [0.4, 0.5) is 13.2 Å². The molecule has 90 valence electrons. The van der Waals surface area contributed by atoms with Gasteiger partial charge >= 0.3 is 6.18 Å². The van der Waals surface area contributed by atoms with Crippen LogP contribution in [-0.4, -0.2) is 18.0 Å². The van der Waals surface area contributed by atoms with Crippen LogP contribution in [0.3, 0.4) is 0 Å². The number of nitrogens with zero attached hydrogens (tertiary/aromatic N) is 1. The summed E-state index contributed by atoms with van der Waals surface area (Å²) in [5.74, 6) is 3.02. The van der Waals surface area contributed by atoms with Gasteiger partial charge in [-0.3, -0.25) is 4.79 Å². The Morgan fingerprint density at radius 1 is 1.53 bits per heavy atom. The summed E-state index contributed by atoms with van der Waals surface area (Å²) in [6.07, 6.45) is -3.92. The fourth-order valence-corrected chi connectivity index (χ4v) is 0.988. The van der Waals surface area contributed by atoms with E-state index in [0.717, 1.165) is 6.07 Å². The van der Waals surface area contributed by atoms with E-state index >= 15 is 0 Å². The van der Waals surface area contributed by atoms with Crippen LogP contribution in [0, 0.1) is 11.8 Å². The summed E-state index contributed by atoms with van der Waals surface area (Å²) < 4.78 is 41.9. The number of hydrogen-bond donors (Lipinski definition) is 1. The number of halogens is 3. The van der Waals surface area contributed by atoms with E-state index in [-0.39, 0.29) is 11.4 Å². The maximum atomic E-state index is 12.4. The molecule has 1 rings (SSSR count). The van der Waals surface area contributed by atoms with Gasteiger partial charge in [0.2, 0.25) is 5.88 Å². The molecule has 0 bridgehead atoms. The molecule has 0 spiro atoms. The van der Waals surface area contributed by atoms with Gasteiger partial charge in [-0.25, -0.2) is 4.98 Å². The van der Waals surface area contributed by atoms with Crippen molar-refractivity contribution in [3.05, 3.63) is 23.4 Å². The Kier molecular flexibility index (Phi) is 3.58. The lowest BCUT2D eigenvalue weighted by Crippen LogP contribution is -2.08. The highest BCUT2D eigenvalue weighted by atomic mass is 19.4. The van der Waals surface area contributed by atoms with Crippen LogP contribution in [0.15, 0.2) is 12.3 Å². The minimum absolute atomic E-state index is 0.105. The summed E-state index contributed by atoms with van der Waals surface area (Å²) in [7, 11) is 1.23. The number of aromatic nitrogens is 1. The molecular weight excluding hydrogens is 237 g/mol. The van der Waals surface area contributed by atoms with Gasteiger partial charge in [-0.15, -0.1) is 0 Å². The molecule has 1 heterocycles. The predicted octanol–water partition coefficient (Wildman–Crippen LogP) is 0.946. The largest absolute Gasteiger partial charge is 0.480 e. The van der Waals surface area contributed by atoms with Crippen LogP contribution < -0.4 is 10.5 Å². The zero-order valence-corrected chi connectivity index (χ0v) is 8.63. The molecule has 0 unspecified atom stereocenters. The van der Waals surface area contributed by atoms with Crippen LogP contribution in [-0.2, 0) is 11.0 Å². The molecule has 0 saturated heterocycles. The number of primary amides is 1. The Bertz CT molecular complexity index is 500. The lowest BCUT2D eigenvalue weighted by Gasteiger charge is -2.08. The summed E-state index contributed by atoms with van der Waals surface area (Å²) in [5.41, 5.74) is 3.63. The average molecular weight is 244 g/mol. The van der Waals surface area contributed by atoms with Gasteiger partial charge in [0.15, 0.2) is 0 Å². The molecule has 4 nitrogen and oxygen atoms in total. The summed E-state index contributed by atoms with van der Waals surface area (Å²) in [5, 5.41) is 0. The molecule has 1 aromatic rings. The first-order chi connectivity index (χ1) is 7.84. The fraction of sp³-hybridized carbons (Fsp3) is 0.200. The molecule has 0 fully saturated rings. The first-order valence-corrected chi connectivity index (χ1v) is 4.27. The van der Waals surface area contributed by atoms with E-state index in [2.05, 4.69) is 10.9 Å². The summed E-state index contributed by atoms with van der Waals surface area (Å²) in [6.45, 7) is 0. The third-order valence-corrected chi connectivity index (χ3v) is 1.69. The molecule has 2 N–H and O–H groups in total. The zero-order chi connectivity index (χ0) is 13.1. The van der Waals surface area contributed by atoms with E-state index in [9.17, 15) is 18.0 Å². The molecule has 0 atom stereocenters. The number of rotatable bonds is 1. The number of methoxy groups -OCH3 is 1. The van der Waals surface area contributed by atoms with E-state index in [1.54, 1.807) is 0 Å². The molecule has 0 aromatic carbocycles. The monoisotopic (exact) mass is 244 g/mol. The SMILES string of the molecule is COc1ncc(C(F)(F)F)cc1C#CC(N)=O. The minimum Gasteiger partial charge on any atom is -0.480 e. The van der Waals surface area contributed by atoms with Crippen molar-refractivity contribution < 1.29 is 22.7 Å². The van der Waals surface area contributed by atoms with Gasteiger partial charge in [-0.05, 0) is 6.07 Å². The third kappa shape index (κ3) is 3.38. The standard InChI is InChI=1S/C10H7F3N2O2/c1-17-9-6(2-3-8(14)16)4-7(5-15-9)10(11,12)13/h4-5H,1H3,(H2,14,16). The lowest BCUT2D eigenvalue weighted by molar-refractivity contribution is -0.137. The number of ether oxygens (including phenoxy) is 1. The van der Waals surface area contributed by atoms with Crippen LogP contribution in [0.1, 0.15) is 11.1 Å². The number of nitrogens with two attached hydrogens (primary N) is 1. The van der Waals surface area contributed by atoms with Gasteiger partial charge in [0.05, 0.1) is 18.2 Å². The maximum absolute atomic E-state index is 12.4. The van der Waals surface area contributed by atoms with Gasteiger partial charge in [0.1, 0.15) is 0 Å². The Morgan fingerprint density at radius 3 is 2.65 bits per heavy atom. The molecule has 7 heteroatoms. The zero-order valence-electron chi connectivity index (χ0n) is 8.63. The van der Waals surface area contributed by atoms with Crippen LogP contribution in [0.25, 0.3) is 0 Å². The highest BCUT2D eigenvalue weighted by Crippen LogP contribution is 2.30. The molecule has 0 aliphatic rings. The summed E-state index contributed by atoms with van der Waals surface area (Å²) in [4.78, 5) is 13.9. The van der Waals surface area contributed by atoms with Gasteiger partial charge in [0.25, 0.3) is 5.91 Å². The molecule has 0 aliphatic heterocycles. The first kappa shape index (κ1) is 12.8. The summed E-state index contributed by atoms with van der Waals surface area (Å²) in [6, 6.07) is 0.738. The topological polar surface area (TPSA) is 65.2 Å². The molecular formula is C10H7F3N2O2. The minimum atomic E-state index is -4.54. The van der Waals surface area contributed by atoms with Crippen molar-refractivity contribution in [3.8, 4) is 17.7 Å². The summed E-state index contributed by atoms with van der Waals surface area (Å²) >= 11 is 0. The Morgan fingerprint density at radius 2 is 2.18 bits per heavy atom. The van der Waals surface area contributed by atoms with Crippen molar-refractivity contribution in [2.24, 2.45) is 5.73 Å². The number of pyridine rings is 1. The fourth-order valence-electron chi connectivity index (χ4n) is 0.988. The second-order valence-electron chi connectivity index (χ2n) is 2.89. The van der Waals surface area contributed by atoms with Gasteiger partial charge in [-0.1, -0.05) is 5.92 Å². The van der Waals surface area contributed by atoms with Crippen molar-refractivity contribution in [1.29, 1.82) is 0 Å². The number of carbonyl (C=O) groups excluding carboxylic acids is 1. The normalized spacial score (nSPS) is 10.4. The van der Waals surface area contributed by atoms with Crippen molar-refractivity contribution in [2.75, 3.05) is 7.11 Å². The first-order valence-electron chi connectivity index (χ1n) is 4.27. The van der Waals surface area contributed by atoms with Crippen molar-refractivity contribution in [3.63, 3.8) is 0 Å². The lowest BCUT2D eigenvalue weighted by atomic mass is 10.2. The van der Waals surface area contributed by atoms with E-state index in [4.69, 9.17) is 10.5 Å². The quantitative estimate of drug-likeness (QED) is 0.748. The number of amides is 1. The Hall–Kier alpha value is -2.23.